The molecular formula is C34H43N3O7S. The summed E-state index contributed by atoms with van der Waals surface area (Å²) in [5, 5.41) is 3.13. The standard InChI is InChI=1S/C34H43N3O7S/c1-5-30(34(39)35-26-14-10-11-15-26)36(23-25-12-8-7-9-13-25)33(38)24-37(27-16-18-28(19-17-27)44-6-2)45(40,41)29-20-21-31(42-3)32(22-29)43-4/h7-9,12-13,16-22,26,30H,5-6,10-11,14-15,23-24H2,1-4H3,(H,35,39)/t30-/m0/s1. The molecule has 0 spiro atoms. The molecule has 242 valence electrons. The second kappa shape index (κ2) is 15.7. The van der Waals surface area contributed by atoms with E-state index in [4.69, 9.17) is 14.2 Å². The van der Waals surface area contributed by atoms with Crippen LogP contribution in [0.4, 0.5) is 5.69 Å². The molecule has 10 nitrogen and oxygen atoms in total. The SMILES string of the molecule is CCOc1ccc(N(CC(=O)N(Cc2ccccc2)[C@@H](CC)C(=O)NC2CCCC2)S(=O)(=O)c2ccc(OC)c(OC)c2)cc1. The predicted octanol–water partition coefficient (Wildman–Crippen LogP) is 5.16. The Hall–Kier alpha value is -4.25. The molecule has 1 N–H and O–H groups in total. The van der Waals surface area contributed by atoms with Gasteiger partial charge in [-0.15, -0.1) is 0 Å². The fraction of sp³-hybridized carbons (Fsp3) is 0.412. The van der Waals surface area contributed by atoms with Crippen LogP contribution in [0.5, 0.6) is 17.2 Å². The minimum atomic E-state index is -4.30. The maximum absolute atomic E-state index is 14.3. The van der Waals surface area contributed by atoms with E-state index in [0.717, 1.165) is 35.6 Å². The molecule has 45 heavy (non-hydrogen) atoms. The Kier molecular flexibility index (Phi) is 11.7. The second-order valence-corrected chi connectivity index (χ2v) is 12.7. The molecule has 11 heteroatoms. The molecule has 1 atom stereocenters. The Morgan fingerprint density at radius 3 is 2.18 bits per heavy atom. The molecule has 1 aliphatic rings. The first-order chi connectivity index (χ1) is 21.7. The minimum Gasteiger partial charge on any atom is -0.494 e. The zero-order chi connectivity index (χ0) is 32.4. The molecule has 0 aromatic heterocycles. The molecule has 0 saturated heterocycles. The van der Waals surface area contributed by atoms with Crippen molar-refractivity contribution in [3.63, 3.8) is 0 Å². The summed E-state index contributed by atoms with van der Waals surface area (Å²) < 4.78 is 45.9. The summed E-state index contributed by atoms with van der Waals surface area (Å²) in [5.41, 5.74) is 1.10. The molecule has 0 radical (unpaired) electrons. The van der Waals surface area contributed by atoms with Crippen LogP contribution in [0.25, 0.3) is 0 Å². The number of benzene rings is 3. The highest BCUT2D eigenvalue weighted by Gasteiger charge is 2.35. The first-order valence-electron chi connectivity index (χ1n) is 15.3. The molecule has 0 unspecified atom stereocenters. The Morgan fingerprint density at radius 2 is 1.58 bits per heavy atom. The van der Waals surface area contributed by atoms with Crippen LogP contribution in [0.15, 0.2) is 77.7 Å². The predicted molar refractivity (Wildman–Crippen MR) is 173 cm³/mol. The van der Waals surface area contributed by atoms with E-state index in [1.54, 1.807) is 24.3 Å². The molecule has 1 aliphatic carbocycles. The van der Waals surface area contributed by atoms with Crippen LogP contribution < -0.4 is 23.8 Å². The summed E-state index contributed by atoms with van der Waals surface area (Å²) in [4.78, 5) is 29.3. The maximum atomic E-state index is 14.3. The number of ether oxygens (including phenoxy) is 3. The first-order valence-corrected chi connectivity index (χ1v) is 16.8. The third-order valence-electron chi connectivity index (χ3n) is 7.94. The fourth-order valence-corrected chi connectivity index (χ4v) is 7.01. The number of nitrogens with zero attached hydrogens (tertiary/aromatic N) is 2. The van der Waals surface area contributed by atoms with Gasteiger partial charge in [0.25, 0.3) is 10.0 Å². The van der Waals surface area contributed by atoms with E-state index < -0.39 is 28.5 Å². The summed E-state index contributed by atoms with van der Waals surface area (Å²) in [6, 6.07) is 19.5. The Morgan fingerprint density at radius 1 is 0.911 bits per heavy atom. The summed E-state index contributed by atoms with van der Waals surface area (Å²) in [6.45, 7) is 3.76. The maximum Gasteiger partial charge on any atom is 0.264 e. The van der Waals surface area contributed by atoms with Crippen LogP contribution in [0.3, 0.4) is 0 Å². The van der Waals surface area contributed by atoms with Gasteiger partial charge in [0, 0.05) is 18.7 Å². The van der Waals surface area contributed by atoms with Crippen molar-refractivity contribution >= 4 is 27.5 Å². The van der Waals surface area contributed by atoms with Gasteiger partial charge in [0.2, 0.25) is 11.8 Å². The quantitative estimate of drug-likeness (QED) is 0.245. The van der Waals surface area contributed by atoms with Gasteiger partial charge in [-0.05, 0) is 68.1 Å². The van der Waals surface area contributed by atoms with Gasteiger partial charge in [0.15, 0.2) is 11.5 Å². The molecule has 3 aromatic carbocycles. The van der Waals surface area contributed by atoms with E-state index in [2.05, 4.69) is 5.32 Å². The smallest absolute Gasteiger partial charge is 0.264 e. The lowest BCUT2D eigenvalue weighted by Crippen LogP contribution is -2.53. The average molecular weight is 638 g/mol. The van der Waals surface area contributed by atoms with Crippen LogP contribution in [-0.4, -0.2) is 64.6 Å². The van der Waals surface area contributed by atoms with E-state index in [0.29, 0.717) is 24.5 Å². The first kappa shape index (κ1) is 33.6. The Bertz CT molecular complexity index is 1530. The summed E-state index contributed by atoms with van der Waals surface area (Å²) >= 11 is 0. The van der Waals surface area contributed by atoms with Gasteiger partial charge >= 0.3 is 0 Å². The van der Waals surface area contributed by atoms with E-state index in [1.807, 2.05) is 44.2 Å². The van der Waals surface area contributed by atoms with Crippen molar-refractivity contribution < 1.29 is 32.2 Å². The molecular weight excluding hydrogens is 594 g/mol. The number of anilines is 1. The van der Waals surface area contributed by atoms with Gasteiger partial charge in [-0.25, -0.2) is 8.42 Å². The minimum absolute atomic E-state index is 0.0750. The van der Waals surface area contributed by atoms with Crippen molar-refractivity contribution in [2.45, 2.75) is 69.5 Å². The molecule has 0 aliphatic heterocycles. The van der Waals surface area contributed by atoms with Crippen molar-refractivity contribution in [3.05, 3.63) is 78.4 Å². The third kappa shape index (κ3) is 8.27. The number of rotatable bonds is 15. The third-order valence-corrected chi connectivity index (χ3v) is 9.71. The molecule has 0 heterocycles. The van der Waals surface area contributed by atoms with Gasteiger partial charge in [0.05, 0.1) is 31.4 Å². The van der Waals surface area contributed by atoms with Crippen LogP contribution in [0, 0.1) is 0 Å². The fourth-order valence-electron chi connectivity index (χ4n) is 5.58. The Balaban J connectivity index is 1.74. The Labute approximate surface area is 266 Å². The summed E-state index contributed by atoms with van der Waals surface area (Å²) in [6.07, 6.45) is 4.29. The van der Waals surface area contributed by atoms with Crippen LogP contribution in [-0.2, 0) is 26.2 Å². The highest BCUT2D eigenvalue weighted by molar-refractivity contribution is 7.92. The van der Waals surface area contributed by atoms with Crippen LogP contribution in [0.2, 0.25) is 0 Å². The lowest BCUT2D eigenvalue weighted by molar-refractivity contribution is -0.140. The van der Waals surface area contributed by atoms with Crippen LogP contribution in [0.1, 0.15) is 51.5 Å². The lowest BCUT2D eigenvalue weighted by atomic mass is 10.1. The van der Waals surface area contributed by atoms with Crippen molar-refractivity contribution in [1.29, 1.82) is 0 Å². The molecule has 4 rings (SSSR count). The molecule has 0 bridgehead atoms. The van der Waals surface area contributed by atoms with Gasteiger partial charge in [0.1, 0.15) is 18.3 Å². The molecule has 1 saturated carbocycles. The van der Waals surface area contributed by atoms with Crippen molar-refractivity contribution in [2.75, 3.05) is 31.7 Å². The number of methoxy groups -OCH3 is 2. The highest BCUT2D eigenvalue weighted by Crippen LogP contribution is 2.33. The van der Waals surface area contributed by atoms with Crippen LogP contribution >= 0.6 is 0 Å². The monoisotopic (exact) mass is 637 g/mol. The lowest BCUT2D eigenvalue weighted by Gasteiger charge is -2.33. The largest absolute Gasteiger partial charge is 0.494 e. The van der Waals surface area contributed by atoms with E-state index >= 15 is 0 Å². The average Bonchev–Trinajstić information content (AvgIpc) is 3.57. The number of amides is 2. The zero-order valence-corrected chi connectivity index (χ0v) is 27.2. The number of carbonyl (C=O) groups is 2. The van der Waals surface area contributed by atoms with Crippen molar-refractivity contribution in [3.8, 4) is 17.2 Å². The van der Waals surface area contributed by atoms with Gasteiger partial charge in [-0.3, -0.25) is 13.9 Å². The summed E-state index contributed by atoms with van der Waals surface area (Å²) in [7, 11) is -1.42. The summed E-state index contributed by atoms with van der Waals surface area (Å²) in [5.74, 6) is 0.427. The number of hydrogen-bond donors (Lipinski definition) is 1. The number of sulfonamides is 1. The van der Waals surface area contributed by atoms with E-state index in [-0.39, 0.29) is 34.8 Å². The van der Waals surface area contributed by atoms with Crippen molar-refractivity contribution in [1.82, 2.24) is 10.2 Å². The molecule has 3 aromatic rings. The zero-order valence-electron chi connectivity index (χ0n) is 26.4. The normalized spacial score (nSPS) is 14.0. The molecule has 2 amide bonds. The number of nitrogens with one attached hydrogen (secondary N) is 1. The van der Waals surface area contributed by atoms with E-state index in [9.17, 15) is 18.0 Å². The number of hydrogen-bond acceptors (Lipinski definition) is 7. The highest BCUT2D eigenvalue weighted by atomic mass is 32.2. The van der Waals surface area contributed by atoms with E-state index in [1.165, 1.54) is 37.3 Å². The molecule has 1 fully saturated rings. The van der Waals surface area contributed by atoms with Gasteiger partial charge < -0.3 is 24.4 Å². The topological polar surface area (TPSA) is 114 Å². The van der Waals surface area contributed by atoms with Gasteiger partial charge in [-0.1, -0.05) is 50.1 Å². The second-order valence-electron chi connectivity index (χ2n) is 10.9. The van der Waals surface area contributed by atoms with Gasteiger partial charge in [-0.2, -0.15) is 0 Å². The number of carbonyl (C=O) groups excluding carboxylic acids is 2. The van der Waals surface area contributed by atoms with Crippen molar-refractivity contribution in [2.24, 2.45) is 0 Å².